The van der Waals surface area contributed by atoms with Gasteiger partial charge in [0.1, 0.15) is 5.82 Å². The van der Waals surface area contributed by atoms with Gasteiger partial charge in [0, 0.05) is 17.8 Å². The lowest BCUT2D eigenvalue weighted by Crippen LogP contribution is -2.15. The molecule has 7 nitrogen and oxygen atoms in total. The molecule has 0 aliphatic rings. The van der Waals surface area contributed by atoms with Crippen molar-refractivity contribution >= 4 is 17.2 Å². The summed E-state index contributed by atoms with van der Waals surface area (Å²) in [6.45, 7) is 1.79. The lowest BCUT2D eigenvalue weighted by Gasteiger charge is -2.04. The molecule has 2 N–H and O–H groups in total. The number of rotatable bonds is 2. The van der Waals surface area contributed by atoms with Crippen LogP contribution in [-0.4, -0.2) is 25.5 Å². The first kappa shape index (κ1) is 12.1. The first-order chi connectivity index (χ1) is 9.61. The number of aromatic nitrogens is 4. The van der Waals surface area contributed by atoms with Crippen molar-refractivity contribution in [1.82, 2.24) is 19.6 Å². The minimum Gasteiger partial charge on any atom is -0.329 e. The molecule has 0 saturated carbocycles. The van der Waals surface area contributed by atoms with Crippen LogP contribution in [0.2, 0.25) is 0 Å². The quantitative estimate of drug-likeness (QED) is 0.725. The Kier molecular flexibility index (Phi) is 2.79. The van der Waals surface area contributed by atoms with E-state index in [4.69, 9.17) is 0 Å². The average Bonchev–Trinajstić information content (AvgIpc) is 2.78. The van der Waals surface area contributed by atoms with Gasteiger partial charge >= 0.3 is 0 Å². The summed E-state index contributed by atoms with van der Waals surface area (Å²) >= 11 is 0. The average molecular weight is 269 g/mol. The van der Waals surface area contributed by atoms with Crippen LogP contribution in [0.25, 0.3) is 5.65 Å². The van der Waals surface area contributed by atoms with E-state index in [1.807, 2.05) is 0 Å². The second-order valence-electron chi connectivity index (χ2n) is 4.28. The predicted molar refractivity (Wildman–Crippen MR) is 72.7 cm³/mol. The number of amides is 1. The molecule has 3 heterocycles. The Labute approximate surface area is 113 Å². The van der Waals surface area contributed by atoms with Crippen LogP contribution < -0.4 is 10.9 Å². The van der Waals surface area contributed by atoms with Gasteiger partial charge in [-0.2, -0.15) is 5.10 Å². The van der Waals surface area contributed by atoms with Crippen LogP contribution in [0.4, 0.5) is 5.69 Å². The van der Waals surface area contributed by atoms with Gasteiger partial charge in [-0.1, -0.05) is 0 Å². The zero-order valence-electron chi connectivity index (χ0n) is 10.6. The molecule has 7 heteroatoms. The van der Waals surface area contributed by atoms with Gasteiger partial charge in [0.15, 0.2) is 5.65 Å². The number of H-pyrrole nitrogens is 1. The Balaban J connectivity index is 1.88. The highest BCUT2D eigenvalue weighted by Crippen LogP contribution is 2.10. The fraction of sp³-hybridized carbons (Fsp3) is 0.0769. The summed E-state index contributed by atoms with van der Waals surface area (Å²) in [5, 5.41) is 6.87. The van der Waals surface area contributed by atoms with Gasteiger partial charge in [-0.25, -0.2) is 9.50 Å². The zero-order valence-corrected chi connectivity index (χ0v) is 10.6. The SMILES string of the molecule is Cc1nc2ccc(NC(=O)c3cc[nH]c(=O)c3)cn2n1. The van der Waals surface area contributed by atoms with Gasteiger partial charge in [-0.15, -0.1) is 0 Å². The molecule has 0 spiro atoms. The minimum absolute atomic E-state index is 0.295. The maximum absolute atomic E-state index is 12.0. The lowest BCUT2D eigenvalue weighted by atomic mass is 10.2. The molecule has 0 aliphatic carbocycles. The third-order valence-electron chi connectivity index (χ3n) is 2.73. The number of carbonyl (C=O) groups is 1. The zero-order chi connectivity index (χ0) is 14.1. The molecule has 3 rings (SSSR count). The summed E-state index contributed by atoms with van der Waals surface area (Å²) in [6.07, 6.45) is 3.10. The standard InChI is InChI=1S/C13H11N5O2/c1-8-15-11-3-2-10(7-18(11)17-8)16-13(20)9-4-5-14-12(19)6-9/h2-7H,1H3,(H,14,19)(H,16,20). The van der Waals surface area contributed by atoms with Gasteiger partial charge in [0.05, 0.1) is 11.9 Å². The number of nitrogens with one attached hydrogen (secondary N) is 2. The molecule has 0 unspecified atom stereocenters. The largest absolute Gasteiger partial charge is 0.329 e. The molecule has 0 saturated heterocycles. The van der Waals surface area contributed by atoms with Gasteiger partial charge in [-0.05, 0) is 25.1 Å². The van der Waals surface area contributed by atoms with Crippen LogP contribution in [0, 0.1) is 6.92 Å². The molecule has 20 heavy (non-hydrogen) atoms. The molecule has 0 atom stereocenters. The molecule has 0 fully saturated rings. The van der Waals surface area contributed by atoms with Gasteiger partial charge < -0.3 is 10.3 Å². The van der Waals surface area contributed by atoms with E-state index in [-0.39, 0.29) is 11.5 Å². The first-order valence-electron chi connectivity index (χ1n) is 5.95. The Morgan fingerprint density at radius 3 is 3.00 bits per heavy atom. The Hall–Kier alpha value is -2.96. The number of pyridine rings is 2. The van der Waals surface area contributed by atoms with Crippen molar-refractivity contribution in [3.63, 3.8) is 0 Å². The van der Waals surface area contributed by atoms with Crippen LogP contribution in [0.3, 0.4) is 0 Å². The van der Waals surface area contributed by atoms with Gasteiger partial charge in [-0.3, -0.25) is 9.59 Å². The number of hydrogen-bond donors (Lipinski definition) is 2. The van der Waals surface area contributed by atoms with E-state index in [0.29, 0.717) is 22.7 Å². The number of fused-ring (bicyclic) bond motifs is 1. The van der Waals surface area contributed by atoms with Crippen molar-refractivity contribution in [1.29, 1.82) is 0 Å². The van der Waals surface area contributed by atoms with E-state index in [1.54, 1.807) is 29.8 Å². The summed E-state index contributed by atoms with van der Waals surface area (Å²) in [6, 6.07) is 6.27. The molecular formula is C13H11N5O2. The van der Waals surface area contributed by atoms with Crippen LogP contribution in [-0.2, 0) is 0 Å². The first-order valence-corrected chi connectivity index (χ1v) is 5.95. The Morgan fingerprint density at radius 1 is 1.35 bits per heavy atom. The van der Waals surface area contributed by atoms with E-state index >= 15 is 0 Å². The predicted octanol–water partition coefficient (Wildman–Crippen LogP) is 0.978. The lowest BCUT2D eigenvalue weighted by molar-refractivity contribution is 0.102. The summed E-state index contributed by atoms with van der Waals surface area (Å²) in [7, 11) is 0. The molecular weight excluding hydrogens is 258 g/mol. The van der Waals surface area contributed by atoms with Crippen molar-refractivity contribution in [2.24, 2.45) is 0 Å². The second-order valence-corrected chi connectivity index (χ2v) is 4.28. The van der Waals surface area contributed by atoms with E-state index in [2.05, 4.69) is 20.4 Å². The summed E-state index contributed by atoms with van der Waals surface area (Å²) < 4.78 is 1.59. The molecule has 0 bridgehead atoms. The second kappa shape index (κ2) is 4.61. The fourth-order valence-electron chi connectivity index (χ4n) is 1.86. The number of anilines is 1. The topological polar surface area (TPSA) is 92.1 Å². The number of hydrogen-bond acceptors (Lipinski definition) is 4. The van der Waals surface area contributed by atoms with E-state index in [9.17, 15) is 9.59 Å². The van der Waals surface area contributed by atoms with Crippen molar-refractivity contribution in [3.05, 3.63) is 58.4 Å². The molecule has 3 aromatic heterocycles. The van der Waals surface area contributed by atoms with E-state index in [0.717, 1.165) is 0 Å². The van der Waals surface area contributed by atoms with Crippen LogP contribution in [0.5, 0.6) is 0 Å². The number of aromatic amines is 1. The third-order valence-corrected chi connectivity index (χ3v) is 2.73. The molecule has 0 aromatic carbocycles. The number of nitrogens with zero attached hydrogens (tertiary/aromatic N) is 3. The smallest absolute Gasteiger partial charge is 0.255 e. The van der Waals surface area contributed by atoms with Crippen molar-refractivity contribution in [2.75, 3.05) is 5.32 Å². The highest BCUT2D eigenvalue weighted by molar-refractivity contribution is 6.04. The van der Waals surface area contributed by atoms with Crippen LogP contribution in [0.15, 0.2) is 41.5 Å². The highest BCUT2D eigenvalue weighted by Gasteiger charge is 2.07. The Morgan fingerprint density at radius 2 is 2.20 bits per heavy atom. The molecule has 100 valence electrons. The van der Waals surface area contributed by atoms with Crippen molar-refractivity contribution in [3.8, 4) is 0 Å². The van der Waals surface area contributed by atoms with E-state index in [1.165, 1.54) is 18.3 Å². The van der Waals surface area contributed by atoms with Crippen LogP contribution in [0.1, 0.15) is 16.2 Å². The van der Waals surface area contributed by atoms with Gasteiger partial charge in [0.25, 0.3) is 5.91 Å². The van der Waals surface area contributed by atoms with Crippen molar-refractivity contribution < 1.29 is 4.79 Å². The Bertz CT molecular complexity index is 849. The maximum atomic E-state index is 12.0. The highest BCUT2D eigenvalue weighted by atomic mass is 16.2. The third kappa shape index (κ3) is 2.28. The van der Waals surface area contributed by atoms with E-state index < -0.39 is 0 Å². The normalized spacial score (nSPS) is 10.7. The van der Waals surface area contributed by atoms with Crippen LogP contribution >= 0.6 is 0 Å². The summed E-state index contributed by atoms with van der Waals surface area (Å²) in [4.78, 5) is 29.8. The van der Waals surface area contributed by atoms with Gasteiger partial charge in [0.2, 0.25) is 5.56 Å². The molecule has 3 aromatic rings. The maximum Gasteiger partial charge on any atom is 0.255 e. The number of aryl methyl sites for hydroxylation is 1. The van der Waals surface area contributed by atoms with Crippen molar-refractivity contribution in [2.45, 2.75) is 6.92 Å². The summed E-state index contributed by atoms with van der Waals surface area (Å²) in [5.74, 6) is 0.301. The molecule has 0 radical (unpaired) electrons. The monoisotopic (exact) mass is 269 g/mol. The fourth-order valence-corrected chi connectivity index (χ4v) is 1.86. The summed E-state index contributed by atoms with van der Waals surface area (Å²) in [5.41, 5.74) is 1.26. The minimum atomic E-state index is -0.354. The molecule has 1 amide bonds. The molecule has 0 aliphatic heterocycles. The number of carbonyl (C=O) groups excluding carboxylic acids is 1.